The topological polar surface area (TPSA) is 27.3 Å². The van der Waals surface area contributed by atoms with Gasteiger partial charge in [-0.3, -0.25) is 0 Å². The lowest BCUT2D eigenvalue weighted by Crippen LogP contribution is -2.47. The number of rotatable bonds is 5. The van der Waals surface area contributed by atoms with Crippen LogP contribution in [0.2, 0.25) is 0 Å². The normalized spacial score (nSPS) is 24.9. The van der Waals surface area contributed by atoms with E-state index in [2.05, 4.69) is 43.5 Å². The summed E-state index contributed by atoms with van der Waals surface area (Å²) in [6.07, 6.45) is 1.27. The highest BCUT2D eigenvalue weighted by molar-refractivity contribution is 4.83. The van der Waals surface area contributed by atoms with Crippen molar-refractivity contribution < 1.29 is 0 Å². The Morgan fingerprint density at radius 3 is 2.57 bits per heavy atom. The number of nitrogens with one attached hydrogen (secondary N) is 2. The second-order valence-electron chi connectivity index (χ2n) is 4.97. The molecular weight excluding hydrogens is 174 g/mol. The molecule has 1 aliphatic rings. The minimum Gasteiger partial charge on any atom is -0.315 e. The Balaban J connectivity index is 2.33. The Hall–Kier alpha value is -0.120. The monoisotopic (exact) mass is 199 g/mol. The Morgan fingerprint density at radius 2 is 2.14 bits per heavy atom. The SMILES string of the molecule is CC(C)C(CN(C)C)NC1CCNC1. The van der Waals surface area contributed by atoms with E-state index in [1.54, 1.807) is 0 Å². The van der Waals surface area contributed by atoms with E-state index in [1.807, 2.05) is 0 Å². The number of hydrogen-bond donors (Lipinski definition) is 2. The van der Waals surface area contributed by atoms with Crippen LogP contribution in [0.1, 0.15) is 20.3 Å². The zero-order chi connectivity index (χ0) is 10.6. The fourth-order valence-electron chi connectivity index (χ4n) is 1.95. The first-order valence-corrected chi connectivity index (χ1v) is 5.71. The van der Waals surface area contributed by atoms with Gasteiger partial charge in [-0.25, -0.2) is 0 Å². The first-order valence-electron chi connectivity index (χ1n) is 5.71. The van der Waals surface area contributed by atoms with Crippen molar-refractivity contribution in [2.45, 2.75) is 32.4 Å². The minimum atomic E-state index is 0.620. The van der Waals surface area contributed by atoms with E-state index in [0.29, 0.717) is 18.0 Å². The Kier molecular flexibility index (Phi) is 4.85. The second-order valence-corrected chi connectivity index (χ2v) is 4.97. The predicted molar refractivity (Wildman–Crippen MR) is 61.6 cm³/mol. The van der Waals surface area contributed by atoms with Gasteiger partial charge in [0.05, 0.1) is 0 Å². The lowest BCUT2D eigenvalue weighted by atomic mass is 10.0. The molecule has 0 spiro atoms. The molecule has 0 amide bonds. The van der Waals surface area contributed by atoms with E-state index in [1.165, 1.54) is 13.0 Å². The predicted octanol–water partition coefficient (Wildman–Crippen LogP) is 0.524. The van der Waals surface area contributed by atoms with Gasteiger partial charge in [0.15, 0.2) is 0 Å². The van der Waals surface area contributed by atoms with Gasteiger partial charge in [-0.15, -0.1) is 0 Å². The molecule has 0 bridgehead atoms. The van der Waals surface area contributed by atoms with Gasteiger partial charge in [0, 0.05) is 25.2 Å². The Bertz CT molecular complexity index is 151. The molecule has 2 N–H and O–H groups in total. The molecule has 1 saturated heterocycles. The summed E-state index contributed by atoms with van der Waals surface area (Å²) in [6.45, 7) is 8.03. The van der Waals surface area contributed by atoms with Crippen molar-refractivity contribution in [1.29, 1.82) is 0 Å². The Labute approximate surface area is 88.2 Å². The molecule has 2 unspecified atom stereocenters. The third kappa shape index (κ3) is 3.95. The van der Waals surface area contributed by atoms with Crippen LogP contribution in [-0.4, -0.2) is 50.7 Å². The van der Waals surface area contributed by atoms with Gasteiger partial charge in [0.1, 0.15) is 0 Å². The molecule has 84 valence electrons. The molecule has 14 heavy (non-hydrogen) atoms. The number of hydrogen-bond acceptors (Lipinski definition) is 3. The van der Waals surface area contributed by atoms with E-state index in [-0.39, 0.29) is 0 Å². The zero-order valence-corrected chi connectivity index (χ0v) is 10.0. The maximum Gasteiger partial charge on any atom is 0.0220 e. The average Bonchev–Trinajstić information content (AvgIpc) is 2.54. The van der Waals surface area contributed by atoms with Gasteiger partial charge in [0.25, 0.3) is 0 Å². The first kappa shape index (κ1) is 12.0. The molecule has 3 heteroatoms. The molecule has 2 atom stereocenters. The van der Waals surface area contributed by atoms with Crippen LogP contribution in [-0.2, 0) is 0 Å². The lowest BCUT2D eigenvalue weighted by molar-refractivity contribution is 0.272. The van der Waals surface area contributed by atoms with Crippen LogP contribution in [0, 0.1) is 5.92 Å². The van der Waals surface area contributed by atoms with Crippen molar-refractivity contribution in [1.82, 2.24) is 15.5 Å². The van der Waals surface area contributed by atoms with Gasteiger partial charge in [-0.1, -0.05) is 13.8 Å². The van der Waals surface area contributed by atoms with Crippen LogP contribution in [0.3, 0.4) is 0 Å². The second kappa shape index (κ2) is 5.69. The largest absolute Gasteiger partial charge is 0.315 e. The zero-order valence-electron chi connectivity index (χ0n) is 10.0. The van der Waals surface area contributed by atoms with E-state index in [9.17, 15) is 0 Å². The summed E-state index contributed by atoms with van der Waals surface area (Å²) in [6, 6.07) is 1.30. The Morgan fingerprint density at radius 1 is 1.43 bits per heavy atom. The van der Waals surface area contributed by atoms with Crippen molar-refractivity contribution in [3.05, 3.63) is 0 Å². The number of likely N-dealkylation sites (N-methyl/N-ethyl adjacent to an activating group) is 1. The molecule has 0 saturated carbocycles. The van der Waals surface area contributed by atoms with Gasteiger partial charge in [-0.2, -0.15) is 0 Å². The smallest absolute Gasteiger partial charge is 0.0220 e. The molecule has 0 aliphatic carbocycles. The van der Waals surface area contributed by atoms with Gasteiger partial charge in [0.2, 0.25) is 0 Å². The minimum absolute atomic E-state index is 0.620. The molecular formula is C11H25N3. The van der Waals surface area contributed by atoms with Crippen molar-refractivity contribution in [2.24, 2.45) is 5.92 Å². The fourth-order valence-corrected chi connectivity index (χ4v) is 1.95. The molecule has 1 aliphatic heterocycles. The van der Waals surface area contributed by atoms with Crippen LogP contribution in [0.5, 0.6) is 0 Å². The van der Waals surface area contributed by atoms with Crippen LogP contribution in [0.25, 0.3) is 0 Å². The summed E-state index contributed by atoms with van der Waals surface area (Å²) in [4.78, 5) is 2.26. The quantitative estimate of drug-likeness (QED) is 0.676. The summed E-state index contributed by atoms with van der Waals surface area (Å²) < 4.78 is 0. The van der Waals surface area contributed by atoms with Gasteiger partial charge < -0.3 is 15.5 Å². The first-order chi connectivity index (χ1) is 6.59. The van der Waals surface area contributed by atoms with E-state index < -0.39 is 0 Å². The van der Waals surface area contributed by atoms with Crippen molar-refractivity contribution >= 4 is 0 Å². The highest BCUT2D eigenvalue weighted by atomic mass is 15.1. The van der Waals surface area contributed by atoms with Crippen molar-refractivity contribution in [2.75, 3.05) is 33.7 Å². The fraction of sp³-hybridized carbons (Fsp3) is 1.00. The average molecular weight is 199 g/mol. The van der Waals surface area contributed by atoms with E-state index >= 15 is 0 Å². The van der Waals surface area contributed by atoms with E-state index in [0.717, 1.165) is 13.1 Å². The molecule has 1 heterocycles. The van der Waals surface area contributed by atoms with Crippen LogP contribution in [0.4, 0.5) is 0 Å². The van der Waals surface area contributed by atoms with Crippen LogP contribution < -0.4 is 10.6 Å². The molecule has 1 fully saturated rings. The maximum atomic E-state index is 3.74. The van der Waals surface area contributed by atoms with E-state index in [4.69, 9.17) is 0 Å². The highest BCUT2D eigenvalue weighted by Crippen LogP contribution is 2.07. The van der Waals surface area contributed by atoms with Crippen LogP contribution in [0.15, 0.2) is 0 Å². The molecule has 0 radical (unpaired) electrons. The standard InChI is InChI=1S/C11H25N3/c1-9(2)11(8-14(3)4)13-10-5-6-12-7-10/h9-13H,5-8H2,1-4H3. The van der Waals surface area contributed by atoms with Gasteiger partial charge >= 0.3 is 0 Å². The lowest BCUT2D eigenvalue weighted by Gasteiger charge is -2.28. The summed E-state index contributed by atoms with van der Waals surface area (Å²) in [5.74, 6) is 0.706. The van der Waals surface area contributed by atoms with Crippen LogP contribution >= 0.6 is 0 Å². The summed E-state index contributed by atoms with van der Waals surface area (Å²) in [5, 5.41) is 7.14. The maximum absolute atomic E-state index is 3.74. The molecule has 0 aromatic rings. The summed E-state index contributed by atoms with van der Waals surface area (Å²) in [7, 11) is 4.29. The molecule has 0 aromatic heterocycles. The number of nitrogens with zero attached hydrogens (tertiary/aromatic N) is 1. The third-order valence-corrected chi connectivity index (χ3v) is 2.88. The third-order valence-electron chi connectivity index (χ3n) is 2.88. The molecule has 0 aromatic carbocycles. The van der Waals surface area contributed by atoms with Crippen molar-refractivity contribution in [3.8, 4) is 0 Å². The summed E-state index contributed by atoms with van der Waals surface area (Å²) >= 11 is 0. The highest BCUT2D eigenvalue weighted by Gasteiger charge is 2.21. The van der Waals surface area contributed by atoms with Crippen molar-refractivity contribution in [3.63, 3.8) is 0 Å². The molecule has 1 rings (SSSR count). The molecule has 3 nitrogen and oxygen atoms in total. The summed E-state index contributed by atoms with van der Waals surface area (Å²) in [5.41, 5.74) is 0. The van der Waals surface area contributed by atoms with Gasteiger partial charge in [-0.05, 0) is 33.0 Å².